The molecule has 0 N–H and O–H groups in total. The zero-order valence-electron chi connectivity index (χ0n) is 13.3. The largest absolute Gasteiger partial charge is 0.340 e. The quantitative estimate of drug-likeness (QED) is 0.406. The lowest BCUT2D eigenvalue weighted by Gasteiger charge is -2.36. The monoisotopic (exact) mass is 276 g/mol. The van der Waals surface area contributed by atoms with E-state index >= 15 is 0 Å². The van der Waals surface area contributed by atoms with E-state index in [1.165, 1.54) is 0 Å². The average Bonchev–Trinajstić information content (AvgIpc) is 2.39. The molecule has 0 amide bonds. The molecule has 0 fully saturated rings. The second-order valence-corrected chi connectivity index (χ2v) is 4.72. The number of unbranched alkanes of at least 4 members (excludes halogenated alkanes) is 2. The number of nitrogens with zero attached hydrogens (tertiary/aromatic N) is 1. The van der Waals surface area contributed by atoms with Gasteiger partial charge in [-0.25, -0.2) is 0 Å². The predicted molar refractivity (Wildman–Crippen MR) is 74.7 cm³/mol. The molecule has 5 nitrogen and oxygen atoms in total. The van der Waals surface area contributed by atoms with Crippen LogP contribution in [0.1, 0.15) is 53.4 Å². The molecule has 1 radical (unpaired) electrons. The van der Waals surface area contributed by atoms with Crippen molar-refractivity contribution in [1.82, 2.24) is 5.32 Å². The molecule has 0 bridgehead atoms. The van der Waals surface area contributed by atoms with E-state index in [0.29, 0.717) is 13.2 Å². The molecule has 0 aromatic heterocycles. The fourth-order valence-corrected chi connectivity index (χ4v) is 1.45. The first-order valence-electron chi connectivity index (χ1n) is 7.07. The zero-order valence-corrected chi connectivity index (χ0v) is 13.3. The molecule has 0 rings (SSSR count). The van der Waals surface area contributed by atoms with Gasteiger partial charge in [0.2, 0.25) is 11.8 Å². The van der Waals surface area contributed by atoms with Gasteiger partial charge in [-0.3, -0.25) is 0 Å². The van der Waals surface area contributed by atoms with Crippen LogP contribution >= 0.6 is 0 Å². The van der Waals surface area contributed by atoms with Gasteiger partial charge in [-0.05, 0) is 12.8 Å². The van der Waals surface area contributed by atoms with Gasteiger partial charge in [0.25, 0.3) is 0 Å². The van der Waals surface area contributed by atoms with Crippen LogP contribution in [-0.2, 0) is 18.9 Å². The summed E-state index contributed by atoms with van der Waals surface area (Å²) in [7, 11) is 3.13. The lowest BCUT2D eigenvalue weighted by atomic mass is 10.3. The predicted octanol–water partition coefficient (Wildman–Crippen LogP) is 2.86. The maximum atomic E-state index is 5.67. The minimum absolute atomic E-state index is 0.596. The van der Waals surface area contributed by atoms with Gasteiger partial charge < -0.3 is 18.9 Å². The molecule has 0 aliphatic carbocycles. The van der Waals surface area contributed by atoms with E-state index in [-0.39, 0.29) is 0 Å². The highest BCUT2D eigenvalue weighted by Crippen LogP contribution is 2.20. The first kappa shape index (κ1) is 18.8. The summed E-state index contributed by atoms with van der Waals surface area (Å²) in [5, 5.41) is 4.43. The van der Waals surface area contributed by atoms with Crippen molar-refractivity contribution in [2.45, 2.75) is 65.2 Å². The molecule has 0 aliphatic heterocycles. The Kier molecular flexibility index (Phi) is 9.56. The Morgan fingerprint density at radius 2 is 1.16 bits per heavy atom. The molecule has 0 heterocycles. The third kappa shape index (κ3) is 7.84. The summed E-state index contributed by atoms with van der Waals surface area (Å²) < 4.78 is 22.0. The molecular weight excluding hydrogens is 246 g/mol. The topological polar surface area (TPSA) is 51.0 Å². The number of hydrogen-bond acceptors (Lipinski definition) is 4. The molecule has 5 heteroatoms. The Balaban J connectivity index is 4.42. The van der Waals surface area contributed by atoms with Crippen LogP contribution in [0, 0.1) is 0 Å². The van der Waals surface area contributed by atoms with Crippen LogP contribution in [-0.4, -0.2) is 39.3 Å². The summed E-state index contributed by atoms with van der Waals surface area (Å²) in [6.07, 6.45) is 4.06. The van der Waals surface area contributed by atoms with Gasteiger partial charge in [0.05, 0.1) is 13.2 Å². The zero-order chi connectivity index (χ0) is 14.8. The average molecular weight is 276 g/mol. The Morgan fingerprint density at radius 1 is 0.789 bits per heavy atom. The second-order valence-electron chi connectivity index (χ2n) is 4.72. The third-order valence-electron chi connectivity index (χ3n) is 2.90. The van der Waals surface area contributed by atoms with Gasteiger partial charge >= 0.3 is 0 Å². The summed E-state index contributed by atoms with van der Waals surface area (Å²) in [5.74, 6) is -2.10. The maximum Gasteiger partial charge on any atom is 0.244 e. The van der Waals surface area contributed by atoms with Crippen molar-refractivity contribution >= 4 is 0 Å². The number of hydrogen-bond donors (Lipinski definition) is 0. The molecule has 19 heavy (non-hydrogen) atoms. The maximum absolute atomic E-state index is 5.67. The van der Waals surface area contributed by atoms with Gasteiger partial charge in [-0.1, -0.05) is 26.7 Å². The molecule has 2 atom stereocenters. The summed E-state index contributed by atoms with van der Waals surface area (Å²) in [6.45, 7) is 8.94. The van der Waals surface area contributed by atoms with E-state index in [1.807, 2.05) is 0 Å². The first-order chi connectivity index (χ1) is 8.95. The highest BCUT2D eigenvalue weighted by molar-refractivity contribution is 4.68. The Labute approximate surface area is 117 Å². The van der Waals surface area contributed by atoms with Crippen molar-refractivity contribution in [3.05, 3.63) is 0 Å². The minimum atomic E-state index is -1.05. The van der Waals surface area contributed by atoms with E-state index in [4.69, 9.17) is 18.9 Å². The van der Waals surface area contributed by atoms with Crippen molar-refractivity contribution in [3.63, 3.8) is 0 Å². The highest BCUT2D eigenvalue weighted by atomic mass is 16.7. The van der Waals surface area contributed by atoms with Crippen molar-refractivity contribution in [2.24, 2.45) is 0 Å². The summed E-state index contributed by atoms with van der Waals surface area (Å²) in [5.41, 5.74) is 0. The van der Waals surface area contributed by atoms with Gasteiger partial charge in [0, 0.05) is 28.1 Å². The van der Waals surface area contributed by atoms with Crippen molar-refractivity contribution in [3.8, 4) is 0 Å². The van der Waals surface area contributed by atoms with E-state index in [0.717, 1.165) is 25.7 Å². The first-order valence-corrected chi connectivity index (χ1v) is 7.07. The second kappa shape index (κ2) is 9.66. The van der Waals surface area contributed by atoms with Crippen LogP contribution in [0.25, 0.3) is 0 Å². The summed E-state index contributed by atoms with van der Waals surface area (Å²) >= 11 is 0. The fourth-order valence-electron chi connectivity index (χ4n) is 1.45. The Morgan fingerprint density at radius 3 is 1.42 bits per heavy atom. The molecule has 0 saturated heterocycles. The smallest absolute Gasteiger partial charge is 0.244 e. The highest BCUT2D eigenvalue weighted by Gasteiger charge is 2.38. The van der Waals surface area contributed by atoms with Crippen molar-refractivity contribution < 1.29 is 18.9 Å². The number of methoxy groups -OCH3 is 2. The lowest BCUT2D eigenvalue weighted by Crippen LogP contribution is -2.54. The molecule has 115 valence electrons. The Bertz CT molecular complexity index is 205. The van der Waals surface area contributed by atoms with Gasteiger partial charge in [-0.2, -0.15) is 0 Å². The molecule has 0 aromatic rings. The normalized spacial score (nSPS) is 18.0. The van der Waals surface area contributed by atoms with Crippen LogP contribution in [0.15, 0.2) is 0 Å². The van der Waals surface area contributed by atoms with Crippen LogP contribution in [0.5, 0.6) is 0 Å². The van der Waals surface area contributed by atoms with Crippen LogP contribution < -0.4 is 5.32 Å². The third-order valence-corrected chi connectivity index (χ3v) is 2.90. The van der Waals surface area contributed by atoms with Crippen LogP contribution in [0.4, 0.5) is 0 Å². The molecule has 0 aliphatic rings. The number of ether oxygens (including phenoxy) is 4. The van der Waals surface area contributed by atoms with Crippen molar-refractivity contribution in [1.29, 1.82) is 0 Å². The standard InChI is InChI=1S/C14H30NO4/c1-7-9-11-18-13(3,16-5)15-14(4,17-6)19-12-10-8-2/h7-12H2,1-6H3. The van der Waals surface area contributed by atoms with Gasteiger partial charge in [-0.15, -0.1) is 5.32 Å². The molecule has 0 spiro atoms. The minimum Gasteiger partial charge on any atom is -0.340 e. The van der Waals surface area contributed by atoms with E-state index < -0.39 is 11.8 Å². The van der Waals surface area contributed by atoms with E-state index in [2.05, 4.69) is 19.2 Å². The van der Waals surface area contributed by atoms with Crippen molar-refractivity contribution in [2.75, 3.05) is 27.4 Å². The molecular formula is C14H30NO4. The van der Waals surface area contributed by atoms with E-state index in [1.54, 1.807) is 28.1 Å². The SMILES string of the molecule is CCCCOC(C)([N]C(C)(OC)OCCCC)OC. The molecule has 0 aromatic carbocycles. The molecule has 2 unspecified atom stereocenters. The Hall–Kier alpha value is -0.200. The van der Waals surface area contributed by atoms with Crippen LogP contribution in [0.3, 0.4) is 0 Å². The van der Waals surface area contributed by atoms with E-state index in [9.17, 15) is 0 Å². The van der Waals surface area contributed by atoms with Gasteiger partial charge in [0.1, 0.15) is 0 Å². The molecule has 0 saturated carbocycles. The van der Waals surface area contributed by atoms with Gasteiger partial charge in [0.15, 0.2) is 0 Å². The number of rotatable bonds is 12. The fraction of sp³-hybridized carbons (Fsp3) is 1.00. The van der Waals surface area contributed by atoms with Crippen LogP contribution in [0.2, 0.25) is 0 Å². The summed E-state index contributed by atoms with van der Waals surface area (Å²) in [6, 6.07) is 0. The summed E-state index contributed by atoms with van der Waals surface area (Å²) in [4.78, 5) is 0. The lowest BCUT2D eigenvalue weighted by molar-refractivity contribution is -0.323.